The van der Waals surface area contributed by atoms with Crippen LogP contribution in [0.5, 0.6) is 11.5 Å². The van der Waals surface area contributed by atoms with Crippen molar-refractivity contribution < 1.29 is 9.47 Å². The van der Waals surface area contributed by atoms with Crippen LogP contribution in [-0.4, -0.2) is 7.11 Å². The molecule has 0 aromatic heterocycles. The summed E-state index contributed by atoms with van der Waals surface area (Å²) >= 11 is 9.82. The van der Waals surface area contributed by atoms with Gasteiger partial charge in [0.15, 0.2) is 11.5 Å². The molecule has 0 amide bonds. The third kappa shape index (κ3) is 4.96. The summed E-state index contributed by atoms with van der Waals surface area (Å²) in [5.74, 6) is 1.34. The van der Waals surface area contributed by atoms with Crippen molar-refractivity contribution in [3.05, 3.63) is 86.8 Å². The number of halogens is 2. The standard InChI is InChI=1S/C22H21BrClNO2/c1-15-7-3-6-10-20(15)25-13-16-11-18(23)22(21(12-16)26-2)27-14-17-8-4-5-9-19(17)24/h3-12,25H,13-14H2,1-2H3. The summed E-state index contributed by atoms with van der Waals surface area (Å²) < 4.78 is 12.4. The summed E-state index contributed by atoms with van der Waals surface area (Å²) in [4.78, 5) is 0. The maximum absolute atomic E-state index is 6.21. The van der Waals surface area contributed by atoms with Gasteiger partial charge in [-0.15, -0.1) is 0 Å². The van der Waals surface area contributed by atoms with Crippen molar-refractivity contribution in [1.82, 2.24) is 0 Å². The number of nitrogens with one attached hydrogen (secondary N) is 1. The summed E-state index contributed by atoms with van der Waals surface area (Å²) in [6.45, 7) is 3.14. The Kier molecular flexibility index (Phi) is 6.64. The SMILES string of the molecule is COc1cc(CNc2ccccc2C)cc(Br)c1OCc1ccccc1Cl. The summed E-state index contributed by atoms with van der Waals surface area (Å²) in [6, 6.07) is 19.9. The lowest BCUT2D eigenvalue weighted by Crippen LogP contribution is -2.03. The van der Waals surface area contributed by atoms with Gasteiger partial charge in [0.25, 0.3) is 0 Å². The van der Waals surface area contributed by atoms with Crippen molar-refractivity contribution >= 4 is 33.2 Å². The van der Waals surface area contributed by atoms with E-state index < -0.39 is 0 Å². The molecule has 0 radical (unpaired) electrons. The second-order valence-electron chi connectivity index (χ2n) is 6.16. The second kappa shape index (κ2) is 9.16. The van der Waals surface area contributed by atoms with Crippen molar-refractivity contribution in [3.8, 4) is 11.5 Å². The number of benzene rings is 3. The lowest BCUT2D eigenvalue weighted by atomic mass is 10.1. The fraction of sp³-hybridized carbons (Fsp3) is 0.182. The third-order valence-electron chi connectivity index (χ3n) is 4.25. The predicted octanol–water partition coefficient (Wildman–Crippen LogP) is 6.61. The summed E-state index contributed by atoms with van der Waals surface area (Å²) in [5, 5.41) is 4.14. The number of ether oxygens (including phenoxy) is 2. The molecule has 3 rings (SSSR count). The average Bonchev–Trinajstić information content (AvgIpc) is 2.67. The van der Waals surface area contributed by atoms with Crippen molar-refractivity contribution in [1.29, 1.82) is 0 Å². The Labute approximate surface area is 173 Å². The minimum absolute atomic E-state index is 0.370. The maximum atomic E-state index is 6.21. The Balaban J connectivity index is 1.75. The predicted molar refractivity (Wildman–Crippen MR) is 115 cm³/mol. The number of para-hydroxylation sites is 1. The van der Waals surface area contributed by atoms with E-state index in [1.54, 1.807) is 7.11 Å². The van der Waals surface area contributed by atoms with Crippen molar-refractivity contribution in [2.45, 2.75) is 20.1 Å². The highest BCUT2D eigenvalue weighted by atomic mass is 79.9. The third-order valence-corrected chi connectivity index (χ3v) is 5.20. The molecule has 27 heavy (non-hydrogen) atoms. The fourth-order valence-electron chi connectivity index (χ4n) is 2.75. The molecule has 3 aromatic rings. The van der Waals surface area contributed by atoms with E-state index in [0.717, 1.165) is 21.3 Å². The smallest absolute Gasteiger partial charge is 0.175 e. The van der Waals surface area contributed by atoms with E-state index in [0.29, 0.717) is 29.7 Å². The number of anilines is 1. The van der Waals surface area contributed by atoms with Crippen LogP contribution in [0.15, 0.2) is 65.1 Å². The second-order valence-corrected chi connectivity index (χ2v) is 7.42. The number of hydrogen-bond donors (Lipinski definition) is 1. The molecule has 3 nitrogen and oxygen atoms in total. The first kappa shape index (κ1) is 19.6. The summed E-state index contributed by atoms with van der Waals surface area (Å²) in [6.07, 6.45) is 0. The first-order valence-electron chi connectivity index (χ1n) is 8.60. The summed E-state index contributed by atoms with van der Waals surface area (Å²) in [7, 11) is 1.64. The minimum atomic E-state index is 0.370. The number of aryl methyl sites for hydroxylation is 1. The van der Waals surface area contributed by atoms with Gasteiger partial charge >= 0.3 is 0 Å². The van der Waals surface area contributed by atoms with Crippen molar-refractivity contribution in [2.24, 2.45) is 0 Å². The van der Waals surface area contributed by atoms with Gasteiger partial charge in [-0.25, -0.2) is 0 Å². The van der Waals surface area contributed by atoms with Crippen molar-refractivity contribution in [3.63, 3.8) is 0 Å². The molecule has 0 aliphatic carbocycles. The lowest BCUT2D eigenvalue weighted by molar-refractivity contribution is 0.282. The molecule has 0 spiro atoms. The zero-order valence-corrected chi connectivity index (χ0v) is 17.6. The van der Waals surface area contributed by atoms with E-state index in [1.807, 2.05) is 48.5 Å². The van der Waals surface area contributed by atoms with Crippen molar-refractivity contribution in [2.75, 3.05) is 12.4 Å². The van der Waals surface area contributed by atoms with Crippen LogP contribution >= 0.6 is 27.5 Å². The zero-order valence-electron chi connectivity index (χ0n) is 15.3. The Morgan fingerprint density at radius 3 is 2.52 bits per heavy atom. The van der Waals surface area contributed by atoms with Gasteiger partial charge < -0.3 is 14.8 Å². The van der Waals surface area contributed by atoms with Crippen LogP contribution in [0.1, 0.15) is 16.7 Å². The molecule has 0 saturated carbocycles. The first-order valence-corrected chi connectivity index (χ1v) is 9.77. The van der Waals surface area contributed by atoms with Gasteiger partial charge in [-0.3, -0.25) is 0 Å². The highest BCUT2D eigenvalue weighted by Gasteiger charge is 2.13. The van der Waals surface area contributed by atoms with Crippen LogP contribution in [0.25, 0.3) is 0 Å². The Bertz CT molecular complexity index is 930. The van der Waals surface area contributed by atoms with Crippen LogP contribution in [0.2, 0.25) is 5.02 Å². The number of hydrogen-bond acceptors (Lipinski definition) is 3. The highest BCUT2D eigenvalue weighted by Crippen LogP contribution is 2.37. The highest BCUT2D eigenvalue weighted by molar-refractivity contribution is 9.10. The molecule has 140 valence electrons. The Hall–Kier alpha value is -2.17. The van der Waals surface area contributed by atoms with E-state index in [4.69, 9.17) is 21.1 Å². The molecule has 0 fully saturated rings. The first-order chi connectivity index (χ1) is 13.1. The van der Waals surface area contributed by atoms with Crippen LogP contribution in [0.3, 0.4) is 0 Å². The normalized spacial score (nSPS) is 10.5. The molecule has 0 bridgehead atoms. The topological polar surface area (TPSA) is 30.5 Å². The molecule has 5 heteroatoms. The average molecular weight is 447 g/mol. The van der Waals surface area contributed by atoms with E-state index in [9.17, 15) is 0 Å². The molecular weight excluding hydrogens is 426 g/mol. The van der Waals surface area contributed by atoms with E-state index in [2.05, 4.69) is 40.3 Å². The number of rotatable bonds is 7. The van der Waals surface area contributed by atoms with Gasteiger partial charge in [-0.05, 0) is 58.2 Å². The molecule has 3 aromatic carbocycles. The van der Waals surface area contributed by atoms with E-state index >= 15 is 0 Å². The van der Waals surface area contributed by atoms with Gasteiger partial charge in [0.05, 0.1) is 11.6 Å². The molecule has 1 N–H and O–H groups in total. The van der Waals surface area contributed by atoms with Crippen LogP contribution < -0.4 is 14.8 Å². The Morgan fingerprint density at radius 1 is 1.04 bits per heavy atom. The van der Waals surface area contributed by atoms with Gasteiger partial charge in [-0.2, -0.15) is 0 Å². The van der Waals surface area contributed by atoms with E-state index in [-0.39, 0.29) is 0 Å². The zero-order chi connectivity index (χ0) is 19.2. The molecule has 0 saturated heterocycles. The number of methoxy groups -OCH3 is 1. The quantitative estimate of drug-likeness (QED) is 0.443. The molecule has 0 atom stereocenters. The molecule has 0 heterocycles. The van der Waals surface area contributed by atoms with Crippen LogP contribution in [0.4, 0.5) is 5.69 Å². The Morgan fingerprint density at radius 2 is 1.78 bits per heavy atom. The van der Waals surface area contributed by atoms with Gasteiger partial charge in [0, 0.05) is 22.8 Å². The minimum Gasteiger partial charge on any atom is -0.493 e. The van der Waals surface area contributed by atoms with Gasteiger partial charge in [-0.1, -0.05) is 48.0 Å². The van der Waals surface area contributed by atoms with Crippen LogP contribution in [-0.2, 0) is 13.2 Å². The maximum Gasteiger partial charge on any atom is 0.175 e. The molecular formula is C22H21BrClNO2. The molecule has 0 unspecified atom stereocenters. The molecule has 0 aliphatic heterocycles. The molecule has 0 aliphatic rings. The fourth-order valence-corrected chi connectivity index (χ4v) is 3.54. The monoisotopic (exact) mass is 445 g/mol. The summed E-state index contributed by atoms with van der Waals surface area (Å²) in [5.41, 5.74) is 4.35. The van der Waals surface area contributed by atoms with Gasteiger partial charge in [0.1, 0.15) is 6.61 Å². The van der Waals surface area contributed by atoms with E-state index in [1.165, 1.54) is 5.56 Å². The van der Waals surface area contributed by atoms with Crippen LogP contribution in [0, 0.1) is 6.92 Å². The largest absolute Gasteiger partial charge is 0.493 e. The van der Waals surface area contributed by atoms with Gasteiger partial charge in [0.2, 0.25) is 0 Å². The lowest BCUT2D eigenvalue weighted by Gasteiger charge is -2.16.